The topological polar surface area (TPSA) is 72.2 Å². The molecule has 1 aromatic rings. The molecule has 0 saturated carbocycles. The molecule has 23 heavy (non-hydrogen) atoms. The summed E-state index contributed by atoms with van der Waals surface area (Å²) in [6.45, 7) is 4.94. The summed E-state index contributed by atoms with van der Waals surface area (Å²) in [7, 11) is 0. The molecule has 0 aromatic heterocycles. The highest BCUT2D eigenvalue weighted by Crippen LogP contribution is 2.29. The fourth-order valence-electron chi connectivity index (χ4n) is 2.21. The lowest BCUT2D eigenvalue weighted by molar-refractivity contribution is 0.00708. The van der Waals surface area contributed by atoms with Crippen LogP contribution in [0.1, 0.15) is 12.0 Å². The molecule has 1 aliphatic heterocycles. The van der Waals surface area contributed by atoms with E-state index in [0.29, 0.717) is 59.4 Å². The van der Waals surface area contributed by atoms with Crippen molar-refractivity contribution in [2.24, 2.45) is 5.73 Å². The van der Waals surface area contributed by atoms with E-state index in [1.165, 1.54) is 5.56 Å². The van der Waals surface area contributed by atoms with E-state index in [1.54, 1.807) is 0 Å². The maximum absolute atomic E-state index is 5.82. The molecule has 1 aliphatic rings. The van der Waals surface area contributed by atoms with Gasteiger partial charge in [-0.2, -0.15) is 0 Å². The van der Waals surface area contributed by atoms with Gasteiger partial charge in [0.05, 0.1) is 39.6 Å². The van der Waals surface area contributed by atoms with Crippen LogP contribution in [0.25, 0.3) is 0 Å². The zero-order valence-electron chi connectivity index (χ0n) is 13.6. The second kappa shape index (κ2) is 11.2. The Kier molecular flexibility index (Phi) is 8.80. The number of hydrogen-bond donors (Lipinski definition) is 1. The van der Waals surface area contributed by atoms with Crippen molar-refractivity contribution in [1.82, 2.24) is 0 Å². The lowest BCUT2D eigenvalue weighted by Crippen LogP contribution is -2.13. The van der Waals surface area contributed by atoms with E-state index >= 15 is 0 Å². The molecular weight excluding hydrogens is 298 g/mol. The van der Waals surface area contributed by atoms with Crippen molar-refractivity contribution in [2.75, 3.05) is 59.4 Å². The van der Waals surface area contributed by atoms with Gasteiger partial charge in [-0.3, -0.25) is 0 Å². The third-order valence-corrected chi connectivity index (χ3v) is 3.39. The van der Waals surface area contributed by atoms with Crippen molar-refractivity contribution < 1.29 is 23.7 Å². The first-order valence-electron chi connectivity index (χ1n) is 8.22. The van der Waals surface area contributed by atoms with Crippen molar-refractivity contribution in [3.8, 4) is 11.5 Å². The molecule has 0 unspecified atom stereocenters. The van der Waals surface area contributed by atoms with Gasteiger partial charge in [0.15, 0.2) is 11.5 Å². The molecule has 0 saturated heterocycles. The van der Waals surface area contributed by atoms with Crippen LogP contribution in [0.5, 0.6) is 11.5 Å². The normalized spacial score (nSPS) is 18.0. The SMILES string of the molecule is NCCCc1ccc2c(c1)OCCOCCOCCOCCO2. The van der Waals surface area contributed by atoms with Crippen molar-refractivity contribution >= 4 is 0 Å². The molecule has 1 heterocycles. The lowest BCUT2D eigenvalue weighted by atomic mass is 10.1. The second-order valence-electron chi connectivity index (χ2n) is 5.21. The van der Waals surface area contributed by atoms with Gasteiger partial charge in [-0.15, -0.1) is 0 Å². The summed E-state index contributed by atoms with van der Waals surface area (Å²) in [6, 6.07) is 6.02. The van der Waals surface area contributed by atoms with Crippen LogP contribution in [0, 0.1) is 0 Å². The van der Waals surface area contributed by atoms with E-state index in [4.69, 9.17) is 29.4 Å². The van der Waals surface area contributed by atoms with Crippen LogP contribution in [0.4, 0.5) is 0 Å². The van der Waals surface area contributed by atoms with Gasteiger partial charge in [0.2, 0.25) is 0 Å². The first-order chi connectivity index (χ1) is 11.4. The lowest BCUT2D eigenvalue weighted by Gasteiger charge is -2.14. The van der Waals surface area contributed by atoms with E-state index in [-0.39, 0.29) is 0 Å². The predicted octanol–water partition coefficient (Wildman–Crippen LogP) is 1.40. The molecule has 0 radical (unpaired) electrons. The number of benzene rings is 1. The summed E-state index contributed by atoms with van der Waals surface area (Å²) in [6.07, 6.45) is 1.89. The minimum atomic E-state index is 0.479. The summed E-state index contributed by atoms with van der Waals surface area (Å²) in [5.41, 5.74) is 6.77. The summed E-state index contributed by atoms with van der Waals surface area (Å²) in [5.74, 6) is 1.48. The number of aryl methyl sites for hydroxylation is 1. The molecule has 0 atom stereocenters. The second-order valence-corrected chi connectivity index (χ2v) is 5.21. The van der Waals surface area contributed by atoms with Crippen LogP contribution >= 0.6 is 0 Å². The Labute approximate surface area is 137 Å². The molecule has 2 N–H and O–H groups in total. The Bertz CT molecular complexity index is 441. The monoisotopic (exact) mass is 325 g/mol. The fourth-order valence-corrected chi connectivity index (χ4v) is 2.21. The molecule has 0 bridgehead atoms. The number of fused-ring (bicyclic) bond motifs is 1. The summed E-state index contributed by atoms with van der Waals surface area (Å²) < 4.78 is 27.9. The van der Waals surface area contributed by atoms with Gasteiger partial charge in [-0.25, -0.2) is 0 Å². The van der Waals surface area contributed by atoms with Gasteiger partial charge in [0, 0.05) is 0 Å². The van der Waals surface area contributed by atoms with Crippen LogP contribution in [0.3, 0.4) is 0 Å². The van der Waals surface area contributed by atoms with Crippen molar-refractivity contribution in [3.63, 3.8) is 0 Å². The number of nitrogens with two attached hydrogens (primary N) is 1. The molecule has 0 amide bonds. The van der Waals surface area contributed by atoms with Crippen molar-refractivity contribution in [3.05, 3.63) is 23.8 Å². The number of rotatable bonds is 3. The summed E-state index contributed by atoms with van der Waals surface area (Å²) in [4.78, 5) is 0. The molecule has 6 nitrogen and oxygen atoms in total. The third-order valence-electron chi connectivity index (χ3n) is 3.39. The van der Waals surface area contributed by atoms with Crippen LogP contribution in [-0.4, -0.2) is 59.4 Å². The Morgan fingerprint density at radius 3 is 1.91 bits per heavy atom. The van der Waals surface area contributed by atoms with E-state index in [2.05, 4.69) is 6.07 Å². The van der Waals surface area contributed by atoms with Crippen LogP contribution < -0.4 is 15.2 Å². The van der Waals surface area contributed by atoms with Gasteiger partial charge >= 0.3 is 0 Å². The van der Waals surface area contributed by atoms with E-state index in [1.807, 2.05) is 12.1 Å². The molecule has 0 spiro atoms. The highest BCUT2D eigenvalue weighted by molar-refractivity contribution is 5.43. The van der Waals surface area contributed by atoms with Gasteiger partial charge in [0.1, 0.15) is 13.2 Å². The van der Waals surface area contributed by atoms with Gasteiger partial charge < -0.3 is 29.4 Å². The average molecular weight is 325 g/mol. The largest absolute Gasteiger partial charge is 0.487 e. The third kappa shape index (κ3) is 7.18. The molecule has 130 valence electrons. The van der Waals surface area contributed by atoms with Gasteiger partial charge in [0.25, 0.3) is 0 Å². The number of ether oxygens (including phenoxy) is 5. The first kappa shape index (κ1) is 18.0. The highest BCUT2D eigenvalue weighted by Gasteiger charge is 2.08. The maximum Gasteiger partial charge on any atom is 0.161 e. The van der Waals surface area contributed by atoms with Crippen molar-refractivity contribution in [2.45, 2.75) is 12.8 Å². The first-order valence-corrected chi connectivity index (χ1v) is 8.22. The van der Waals surface area contributed by atoms with Crippen LogP contribution in [0.2, 0.25) is 0 Å². The van der Waals surface area contributed by atoms with Crippen molar-refractivity contribution in [1.29, 1.82) is 0 Å². The average Bonchev–Trinajstić information content (AvgIpc) is 2.58. The van der Waals surface area contributed by atoms with Crippen LogP contribution in [0.15, 0.2) is 18.2 Å². The summed E-state index contributed by atoms with van der Waals surface area (Å²) >= 11 is 0. The maximum atomic E-state index is 5.82. The minimum Gasteiger partial charge on any atom is -0.487 e. The molecular formula is C17H27NO5. The zero-order chi connectivity index (χ0) is 16.2. The predicted molar refractivity (Wildman–Crippen MR) is 87.3 cm³/mol. The summed E-state index contributed by atoms with van der Waals surface area (Å²) in [5, 5.41) is 0. The Hall–Kier alpha value is -1.34. The van der Waals surface area contributed by atoms with Crippen LogP contribution in [-0.2, 0) is 20.6 Å². The number of hydrogen-bond acceptors (Lipinski definition) is 6. The zero-order valence-corrected chi connectivity index (χ0v) is 13.6. The fraction of sp³-hybridized carbons (Fsp3) is 0.647. The quantitative estimate of drug-likeness (QED) is 0.906. The molecule has 6 heteroatoms. The van der Waals surface area contributed by atoms with E-state index in [0.717, 1.165) is 24.3 Å². The van der Waals surface area contributed by atoms with E-state index in [9.17, 15) is 0 Å². The highest BCUT2D eigenvalue weighted by atomic mass is 16.6. The van der Waals surface area contributed by atoms with Gasteiger partial charge in [-0.05, 0) is 37.1 Å². The standard InChI is InChI=1S/C17H27NO5/c18-5-1-2-15-3-4-16-17(14-15)23-13-11-21-9-7-19-6-8-20-10-12-22-16/h3-4,14H,1-2,5-13,18H2. The molecule has 0 aliphatic carbocycles. The smallest absolute Gasteiger partial charge is 0.161 e. The molecule has 1 aromatic carbocycles. The molecule has 2 rings (SSSR count). The Morgan fingerprint density at radius 2 is 1.30 bits per heavy atom. The Balaban J connectivity index is 1.96. The molecule has 0 fully saturated rings. The van der Waals surface area contributed by atoms with E-state index < -0.39 is 0 Å². The minimum absolute atomic E-state index is 0.479. The Morgan fingerprint density at radius 1 is 0.739 bits per heavy atom. The van der Waals surface area contributed by atoms with Gasteiger partial charge in [-0.1, -0.05) is 6.07 Å².